The number of imide groups is 1. The van der Waals surface area contributed by atoms with Gasteiger partial charge in [0.05, 0.1) is 6.04 Å². The summed E-state index contributed by atoms with van der Waals surface area (Å²) in [5.74, 6) is -0.313. The van der Waals surface area contributed by atoms with Crippen LogP contribution in [-0.4, -0.2) is 24.5 Å². The third-order valence-corrected chi connectivity index (χ3v) is 5.62. The van der Waals surface area contributed by atoms with E-state index in [4.69, 9.17) is 0 Å². The average Bonchev–Trinajstić information content (AvgIpc) is 3.22. The maximum Gasteiger partial charge on any atom is 0.321 e. The summed E-state index contributed by atoms with van der Waals surface area (Å²) >= 11 is 0. The molecule has 0 aliphatic heterocycles. The molecule has 1 unspecified atom stereocenters. The predicted molar refractivity (Wildman–Crippen MR) is 111 cm³/mol. The van der Waals surface area contributed by atoms with Gasteiger partial charge in [0.15, 0.2) is 0 Å². The molecule has 0 aromatic heterocycles. The van der Waals surface area contributed by atoms with Crippen molar-refractivity contribution in [1.82, 2.24) is 16.0 Å². The summed E-state index contributed by atoms with van der Waals surface area (Å²) in [6.07, 6.45) is 4.66. The summed E-state index contributed by atoms with van der Waals surface area (Å²) in [7, 11) is 0. The van der Waals surface area contributed by atoms with Crippen LogP contribution in [0.5, 0.6) is 0 Å². The van der Waals surface area contributed by atoms with Crippen LogP contribution < -0.4 is 16.0 Å². The van der Waals surface area contributed by atoms with Crippen molar-refractivity contribution in [1.29, 1.82) is 0 Å². The number of benzene rings is 2. The molecule has 2 aromatic carbocycles. The molecule has 3 rings (SSSR count). The molecule has 3 N–H and O–H groups in total. The number of hydrogen-bond acceptors (Lipinski definition) is 3. The van der Waals surface area contributed by atoms with Crippen LogP contribution in [0, 0.1) is 0 Å². The summed E-state index contributed by atoms with van der Waals surface area (Å²) in [5.41, 5.74) is 2.39. The van der Waals surface area contributed by atoms with Gasteiger partial charge in [-0.2, -0.15) is 0 Å². The van der Waals surface area contributed by atoms with Crippen molar-refractivity contribution in [2.75, 3.05) is 6.54 Å². The zero-order valence-corrected chi connectivity index (χ0v) is 16.4. The highest BCUT2D eigenvalue weighted by molar-refractivity contribution is 5.96. The largest absolute Gasteiger partial charge is 0.334 e. The zero-order valence-electron chi connectivity index (χ0n) is 16.4. The third-order valence-electron chi connectivity index (χ3n) is 5.62. The Kier molecular flexibility index (Phi) is 6.82. The van der Waals surface area contributed by atoms with Crippen molar-refractivity contribution in [2.24, 2.45) is 0 Å². The monoisotopic (exact) mass is 379 g/mol. The second kappa shape index (κ2) is 9.51. The highest BCUT2D eigenvalue weighted by Gasteiger charge is 2.35. The molecule has 1 fully saturated rings. The first-order chi connectivity index (χ1) is 13.6. The van der Waals surface area contributed by atoms with Gasteiger partial charge < -0.3 is 10.6 Å². The van der Waals surface area contributed by atoms with Gasteiger partial charge >= 0.3 is 6.03 Å². The number of nitrogens with one attached hydrogen (secondary N) is 3. The van der Waals surface area contributed by atoms with E-state index in [1.165, 1.54) is 18.4 Å². The summed E-state index contributed by atoms with van der Waals surface area (Å²) in [4.78, 5) is 24.4. The van der Waals surface area contributed by atoms with Crippen LogP contribution in [0.4, 0.5) is 4.79 Å². The Balaban J connectivity index is 1.49. The molecule has 0 bridgehead atoms. The molecule has 28 heavy (non-hydrogen) atoms. The fourth-order valence-electron chi connectivity index (χ4n) is 3.89. The highest BCUT2D eigenvalue weighted by Crippen LogP contribution is 2.40. The maximum absolute atomic E-state index is 12.4. The molecule has 1 saturated carbocycles. The first kappa shape index (κ1) is 20.1. The second-order valence-electron chi connectivity index (χ2n) is 7.61. The summed E-state index contributed by atoms with van der Waals surface area (Å²) in [6.45, 7) is 2.92. The van der Waals surface area contributed by atoms with Crippen molar-refractivity contribution in [3.05, 3.63) is 71.8 Å². The van der Waals surface area contributed by atoms with Gasteiger partial charge in [-0.05, 0) is 30.9 Å². The molecule has 1 aliphatic carbocycles. The lowest BCUT2D eigenvalue weighted by atomic mass is 9.78. The number of carbonyl (C=O) groups excluding carboxylic acids is 2. The predicted octanol–water partition coefficient (Wildman–Crippen LogP) is 3.50. The van der Waals surface area contributed by atoms with Crippen molar-refractivity contribution in [2.45, 2.75) is 50.6 Å². The lowest BCUT2D eigenvalue weighted by molar-refractivity contribution is -0.121. The van der Waals surface area contributed by atoms with E-state index < -0.39 is 12.1 Å². The van der Waals surface area contributed by atoms with Crippen LogP contribution in [-0.2, 0) is 16.8 Å². The SMILES string of the molecule is CC(NCC1(c2ccccc2)CCCC1)C(=O)NC(=O)NCc1ccccc1. The molecule has 2 aromatic rings. The van der Waals surface area contributed by atoms with Gasteiger partial charge in [0, 0.05) is 18.5 Å². The van der Waals surface area contributed by atoms with Crippen LogP contribution in [0.1, 0.15) is 43.7 Å². The molecule has 0 saturated heterocycles. The molecule has 5 heteroatoms. The van der Waals surface area contributed by atoms with Crippen LogP contribution in [0.25, 0.3) is 0 Å². The number of hydrogen-bond donors (Lipinski definition) is 3. The van der Waals surface area contributed by atoms with Gasteiger partial charge in [0.1, 0.15) is 0 Å². The van der Waals surface area contributed by atoms with Crippen molar-refractivity contribution in [3.8, 4) is 0 Å². The number of amides is 3. The molecule has 5 nitrogen and oxygen atoms in total. The Bertz CT molecular complexity index is 771. The molecule has 148 valence electrons. The maximum atomic E-state index is 12.4. The van der Waals surface area contributed by atoms with Crippen molar-refractivity contribution >= 4 is 11.9 Å². The fourth-order valence-corrected chi connectivity index (χ4v) is 3.89. The van der Waals surface area contributed by atoms with Crippen molar-refractivity contribution < 1.29 is 9.59 Å². The summed E-state index contributed by atoms with van der Waals surface area (Å²) in [6, 6.07) is 19.2. The number of carbonyl (C=O) groups is 2. The van der Waals surface area contributed by atoms with E-state index in [1.807, 2.05) is 36.4 Å². The van der Waals surface area contributed by atoms with Gasteiger partial charge in [-0.25, -0.2) is 4.79 Å². The minimum absolute atomic E-state index is 0.0748. The molecule has 1 aliphatic rings. The third kappa shape index (κ3) is 5.20. The number of urea groups is 1. The van der Waals surface area contributed by atoms with Gasteiger partial charge in [-0.3, -0.25) is 10.1 Å². The van der Waals surface area contributed by atoms with E-state index in [2.05, 4.69) is 40.2 Å². The Morgan fingerprint density at radius 2 is 1.57 bits per heavy atom. The van der Waals surface area contributed by atoms with E-state index >= 15 is 0 Å². The molecular formula is C23H29N3O2. The molecular weight excluding hydrogens is 350 g/mol. The smallest absolute Gasteiger partial charge is 0.321 e. The topological polar surface area (TPSA) is 70.2 Å². The van der Waals surface area contributed by atoms with Gasteiger partial charge in [0.2, 0.25) is 5.91 Å². The van der Waals surface area contributed by atoms with Crippen LogP contribution in [0.2, 0.25) is 0 Å². The normalized spacial score (nSPS) is 16.3. The molecule has 0 spiro atoms. The summed E-state index contributed by atoms with van der Waals surface area (Å²) in [5, 5.41) is 8.49. The minimum atomic E-state index is -0.471. The Morgan fingerprint density at radius 1 is 0.964 bits per heavy atom. The fraction of sp³-hybridized carbons (Fsp3) is 0.391. The molecule has 0 heterocycles. The highest BCUT2D eigenvalue weighted by atomic mass is 16.2. The van der Waals surface area contributed by atoms with Gasteiger partial charge in [-0.1, -0.05) is 73.5 Å². The van der Waals surface area contributed by atoms with E-state index in [9.17, 15) is 9.59 Å². The molecule has 0 radical (unpaired) electrons. The zero-order chi connectivity index (χ0) is 19.8. The first-order valence-electron chi connectivity index (χ1n) is 10.0. The standard InChI is InChI=1S/C23H29N3O2/c1-18(21(27)26-22(28)24-16-19-10-4-2-5-11-19)25-17-23(14-8-9-15-23)20-12-6-3-7-13-20/h2-7,10-13,18,25H,8-9,14-17H2,1H3,(H2,24,26,27,28). The van der Waals surface area contributed by atoms with E-state index in [0.717, 1.165) is 24.9 Å². The first-order valence-corrected chi connectivity index (χ1v) is 10.0. The van der Waals surface area contributed by atoms with E-state index in [-0.39, 0.29) is 11.3 Å². The average molecular weight is 380 g/mol. The Morgan fingerprint density at radius 3 is 2.21 bits per heavy atom. The lowest BCUT2D eigenvalue weighted by Gasteiger charge is -2.31. The van der Waals surface area contributed by atoms with Crippen LogP contribution in [0.3, 0.4) is 0 Å². The Labute approximate surface area is 166 Å². The second-order valence-corrected chi connectivity index (χ2v) is 7.61. The molecule has 1 atom stereocenters. The summed E-state index contributed by atoms with van der Waals surface area (Å²) < 4.78 is 0. The Hall–Kier alpha value is -2.66. The molecule has 3 amide bonds. The lowest BCUT2D eigenvalue weighted by Crippen LogP contribution is -2.50. The van der Waals surface area contributed by atoms with E-state index in [0.29, 0.717) is 6.54 Å². The van der Waals surface area contributed by atoms with Crippen molar-refractivity contribution in [3.63, 3.8) is 0 Å². The quantitative estimate of drug-likeness (QED) is 0.690. The van der Waals surface area contributed by atoms with Crippen LogP contribution in [0.15, 0.2) is 60.7 Å². The van der Waals surface area contributed by atoms with Gasteiger partial charge in [0.25, 0.3) is 0 Å². The van der Waals surface area contributed by atoms with Crippen LogP contribution >= 0.6 is 0 Å². The minimum Gasteiger partial charge on any atom is -0.334 e. The van der Waals surface area contributed by atoms with Gasteiger partial charge in [-0.15, -0.1) is 0 Å². The number of rotatable bonds is 7. The van der Waals surface area contributed by atoms with E-state index in [1.54, 1.807) is 6.92 Å².